The van der Waals surface area contributed by atoms with Crippen LogP contribution in [0.5, 0.6) is 0 Å². The predicted octanol–water partition coefficient (Wildman–Crippen LogP) is 2.92. The molecule has 0 radical (unpaired) electrons. The van der Waals surface area contributed by atoms with E-state index in [4.69, 9.17) is 4.98 Å². The monoisotopic (exact) mass is 353 g/mol. The van der Waals surface area contributed by atoms with Crippen molar-refractivity contribution in [2.75, 3.05) is 42.5 Å². The van der Waals surface area contributed by atoms with Gasteiger partial charge in [0.2, 0.25) is 11.9 Å². The molecule has 0 bridgehead atoms. The number of anilines is 3. The van der Waals surface area contributed by atoms with Crippen LogP contribution >= 0.6 is 0 Å². The third kappa shape index (κ3) is 3.95. The van der Waals surface area contributed by atoms with Gasteiger partial charge in [0.1, 0.15) is 5.82 Å². The van der Waals surface area contributed by atoms with Gasteiger partial charge in [-0.05, 0) is 38.5 Å². The molecular weight excluding hydrogens is 326 g/mol. The van der Waals surface area contributed by atoms with E-state index in [1.807, 2.05) is 17.9 Å². The average molecular weight is 353 g/mol. The molecule has 3 rings (SSSR count). The molecule has 138 valence electrons. The fraction of sp³-hybridized carbons (Fsp3) is 0.450. The van der Waals surface area contributed by atoms with Gasteiger partial charge in [0.25, 0.3) is 0 Å². The number of aryl methyl sites for hydroxylation is 2. The van der Waals surface area contributed by atoms with Gasteiger partial charge in [-0.1, -0.05) is 12.1 Å². The van der Waals surface area contributed by atoms with Gasteiger partial charge in [0.15, 0.2) is 0 Å². The van der Waals surface area contributed by atoms with Crippen molar-refractivity contribution in [1.82, 2.24) is 14.9 Å². The molecule has 6 heteroatoms. The van der Waals surface area contributed by atoms with Gasteiger partial charge in [0.05, 0.1) is 0 Å². The van der Waals surface area contributed by atoms with Crippen molar-refractivity contribution in [2.24, 2.45) is 0 Å². The molecule has 0 unspecified atom stereocenters. The lowest BCUT2D eigenvalue weighted by Gasteiger charge is -2.34. The van der Waals surface area contributed by atoms with Gasteiger partial charge in [-0.3, -0.25) is 4.79 Å². The van der Waals surface area contributed by atoms with Crippen LogP contribution < -0.4 is 9.80 Å². The number of aromatic nitrogens is 2. The summed E-state index contributed by atoms with van der Waals surface area (Å²) in [5.74, 6) is 1.79. The molecular formula is C20H27N5O. The summed E-state index contributed by atoms with van der Waals surface area (Å²) in [6.07, 6.45) is 0. The Kier molecular flexibility index (Phi) is 5.40. The molecule has 1 saturated heterocycles. The third-order valence-corrected chi connectivity index (χ3v) is 4.74. The van der Waals surface area contributed by atoms with E-state index in [1.54, 1.807) is 6.92 Å². The number of nitrogens with zero attached hydrogens (tertiary/aromatic N) is 5. The average Bonchev–Trinajstić information content (AvgIpc) is 2.62. The Balaban J connectivity index is 1.86. The SMILES string of the molecule is CCN(c1cccc(C)c1)c1cc(C)nc(N2CCN(C(C)=O)CC2)n1. The first kappa shape index (κ1) is 18.2. The van der Waals surface area contributed by atoms with Crippen LogP contribution in [0.4, 0.5) is 17.5 Å². The largest absolute Gasteiger partial charge is 0.339 e. The molecule has 0 spiro atoms. The van der Waals surface area contributed by atoms with Crippen LogP contribution in [0.15, 0.2) is 30.3 Å². The molecule has 6 nitrogen and oxygen atoms in total. The van der Waals surface area contributed by atoms with E-state index in [2.05, 4.69) is 52.9 Å². The molecule has 1 fully saturated rings. The molecule has 1 aliphatic heterocycles. The molecule has 1 amide bonds. The number of hydrogen-bond acceptors (Lipinski definition) is 5. The zero-order chi connectivity index (χ0) is 18.7. The summed E-state index contributed by atoms with van der Waals surface area (Å²) < 4.78 is 0. The highest BCUT2D eigenvalue weighted by Gasteiger charge is 2.22. The number of piperazine rings is 1. The number of carbonyl (C=O) groups excluding carboxylic acids is 1. The van der Waals surface area contributed by atoms with Crippen LogP contribution in [0.3, 0.4) is 0 Å². The lowest BCUT2D eigenvalue weighted by molar-refractivity contribution is -0.129. The molecule has 0 atom stereocenters. The quantitative estimate of drug-likeness (QED) is 0.846. The van der Waals surface area contributed by atoms with Crippen LogP contribution in [0.1, 0.15) is 25.1 Å². The fourth-order valence-corrected chi connectivity index (χ4v) is 3.31. The minimum Gasteiger partial charge on any atom is -0.339 e. The lowest BCUT2D eigenvalue weighted by atomic mass is 10.2. The molecule has 0 N–H and O–H groups in total. The maximum Gasteiger partial charge on any atom is 0.227 e. The van der Waals surface area contributed by atoms with Crippen molar-refractivity contribution < 1.29 is 4.79 Å². The second-order valence-electron chi connectivity index (χ2n) is 6.74. The summed E-state index contributed by atoms with van der Waals surface area (Å²) in [4.78, 5) is 27.3. The molecule has 1 aromatic heterocycles. The number of rotatable bonds is 4. The molecule has 0 aliphatic carbocycles. The maximum atomic E-state index is 11.5. The van der Waals surface area contributed by atoms with Crippen molar-refractivity contribution in [2.45, 2.75) is 27.7 Å². The van der Waals surface area contributed by atoms with Gasteiger partial charge in [-0.25, -0.2) is 4.98 Å². The maximum absolute atomic E-state index is 11.5. The van der Waals surface area contributed by atoms with Crippen molar-refractivity contribution in [3.8, 4) is 0 Å². The molecule has 1 aromatic carbocycles. The highest BCUT2D eigenvalue weighted by atomic mass is 16.2. The van der Waals surface area contributed by atoms with Crippen LogP contribution in [0.2, 0.25) is 0 Å². The molecule has 26 heavy (non-hydrogen) atoms. The van der Waals surface area contributed by atoms with Gasteiger partial charge >= 0.3 is 0 Å². The normalized spacial score (nSPS) is 14.5. The zero-order valence-corrected chi connectivity index (χ0v) is 16.1. The molecule has 1 aliphatic rings. The van der Waals surface area contributed by atoms with E-state index in [1.165, 1.54) is 5.56 Å². The second-order valence-corrected chi connectivity index (χ2v) is 6.74. The van der Waals surface area contributed by atoms with E-state index in [0.717, 1.165) is 55.9 Å². The number of amides is 1. The van der Waals surface area contributed by atoms with Crippen LogP contribution in [-0.2, 0) is 4.79 Å². The summed E-state index contributed by atoms with van der Waals surface area (Å²) >= 11 is 0. The van der Waals surface area contributed by atoms with Gasteiger partial charge in [-0.15, -0.1) is 0 Å². The molecule has 0 saturated carbocycles. The topological polar surface area (TPSA) is 52.6 Å². The standard InChI is InChI=1S/C20H27N5O/c1-5-25(18-8-6-7-15(2)13-18)19-14-16(3)21-20(22-19)24-11-9-23(10-12-24)17(4)26/h6-8,13-14H,5,9-12H2,1-4H3. The Morgan fingerprint density at radius 3 is 2.46 bits per heavy atom. The first-order valence-electron chi connectivity index (χ1n) is 9.18. The Morgan fingerprint density at radius 1 is 1.12 bits per heavy atom. The minimum atomic E-state index is 0.132. The van der Waals surface area contributed by atoms with E-state index in [-0.39, 0.29) is 5.91 Å². The Hall–Kier alpha value is -2.63. The Labute approximate surface area is 155 Å². The smallest absolute Gasteiger partial charge is 0.227 e. The fourth-order valence-electron chi connectivity index (χ4n) is 3.31. The van der Waals surface area contributed by atoms with Crippen LogP contribution in [-0.4, -0.2) is 53.5 Å². The first-order chi connectivity index (χ1) is 12.5. The first-order valence-corrected chi connectivity index (χ1v) is 9.18. The van der Waals surface area contributed by atoms with Gasteiger partial charge < -0.3 is 14.7 Å². The highest BCUT2D eigenvalue weighted by Crippen LogP contribution is 2.26. The summed E-state index contributed by atoms with van der Waals surface area (Å²) in [6, 6.07) is 10.5. The second kappa shape index (κ2) is 7.72. The Morgan fingerprint density at radius 2 is 1.85 bits per heavy atom. The minimum absolute atomic E-state index is 0.132. The summed E-state index contributed by atoms with van der Waals surface area (Å²) in [5.41, 5.74) is 3.32. The molecule has 2 heterocycles. The van der Waals surface area contributed by atoms with Crippen molar-refractivity contribution in [3.63, 3.8) is 0 Å². The zero-order valence-electron chi connectivity index (χ0n) is 16.1. The van der Waals surface area contributed by atoms with Crippen molar-refractivity contribution >= 4 is 23.4 Å². The van der Waals surface area contributed by atoms with Crippen molar-refractivity contribution in [3.05, 3.63) is 41.6 Å². The summed E-state index contributed by atoms with van der Waals surface area (Å²) in [6.45, 7) is 11.7. The van der Waals surface area contributed by atoms with Crippen LogP contribution in [0, 0.1) is 13.8 Å². The van der Waals surface area contributed by atoms with Gasteiger partial charge in [-0.2, -0.15) is 4.98 Å². The number of carbonyl (C=O) groups is 1. The predicted molar refractivity (Wildman–Crippen MR) is 105 cm³/mol. The van der Waals surface area contributed by atoms with E-state index in [0.29, 0.717) is 0 Å². The van der Waals surface area contributed by atoms with E-state index in [9.17, 15) is 4.79 Å². The van der Waals surface area contributed by atoms with E-state index >= 15 is 0 Å². The summed E-state index contributed by atoms with van der Waals surface area (Å²) in [5, 5.41) is 0. The van der Waals surface area contributed by atoms with E-state index < -0.39 is 0 Å². The molecule has 2 aromatic rings. The Bertz CT molecular complexity index is 784. The van der Waals surface area contributed by atoms with Crippen molar-refractivity contribution in [1.29, 1.82) is 0 Å². The lowest BCUT2D eigenvalue weighted by Crippen LogP contribution is -2.48. The number of benzene rings is 1. The highest BCUT2D eigenvalue weighted by molar-refractivity contribution is 5.73. The van der Waals surface area contributed by atoms with Crippen LogP contribution in [0.25, 0.3) is 0 Å². The third-order valence-electron chi connectivity index (χ3n) is 4.74. The van der Waals surface area contributed by atoms with Gasteiger partial charge in [0, 0.05) is 57.1 Å². The summed E-state index contributed by atoms with van der Waals surface area (Å²) in [7, 11) is 0. The number of hydrogen-bond donors (Lipinski definition) is 0.